The Hall–Kier alpha value is -0.470. The molecular weight excluding hydrogens is 479 g/mol. The van der Waals surface area contributed by atoms with Crippen LogP contribution >= 0.6 is 8.03 Å². The standard InChI is InChI=1S/C32H63O4P/c1-3-5-7-9-11-13-15-17-18-20-22-24-26-28-30-36-32(33)31(37(34)35)29-27-25-23-21-19-16-14-12-10-8-6-4-2/h31H,3-30H2,1-2H3. The molecule has 0 aliphatic heterocycles. The van der Waals surface area contributed by atoms with Crippen LogP contribution in [0.2, 0.25) is 0 Å². The van der Waals surface area contributed by atoms with Crippen LogP contribution in [-0.4, -0.2) is 18.2 Å². The average molecular weight is 543 g/mol. The maximum atomic E-state index is 12.2. The molecule has 2 atom stereocenters. The highest BCUT2D eigenvalue weighted by Gasteiger charge is 2.31. The van der Waals surface area contributed by atoms with Crippen molar-refractivity contribution in [3.05, 3.63) is 0 Å². The van der Waals surface area contributed by atoms with Gasteiger partial charge in [-0.1, -0.05) is 173 Å². The van der Waals surface area contributed by atoms with Crippen molar-refractivity contribution in [2.24, 2.45) is 0 Å². The lowest BCUT2D eigenvalue weighted by molar-refractivity contribution is -0.170. The maximum Gasteiger partial charge on any atom is 0.358 e. The number of hydrogen-bond donors (Lipinski definition) is 0. The molecule has 0 heterocycles. The van der Waals surface area contributed by atoms with E-state index in [0.29, 0.717) is 13.0 Å². The van der Waals surface area contributed by atoms with Crippen LogP contribution in [0.1, 0.15) is 187 Å². The SMILES string of the molecule is CCCCCCCCCCCCCCCCOC(=O)C(CCCCCCCCCCCCCC)[P+](=O)[O-]. The first-order valence-corrected chi connectivity index (χ1v) is 17.7. The third-order valence-electron chi connectivity index (χ3n) is 7.60. The largest absolute Gasteiger partial charge is 0.595 e. The van der Waals surface area contributed by atoms with Crippen molar-refractivity contribution < 1.29 is 19.0 Å². The van der Waals surface area contributed by atoms with Crippen LogP contribution in [0, 0.1) is 0 Å². The Morgan fingerprint density at radius 3 is 1.16 bits per heavy atom. The Morgan fingerprint density at radius 2 is 0.838 bits per heavy atom. The van der Waals surface area contributed by atoms with Gasteiger partial charge in [0, 0.05) is 6.42 Å². The molecule has 0 aliphatic rings. The summed E-state index contributed by atoms with van der Waals surface area (Å²) in [5.74, 6) is -0.533. The van der Waals surface area contributed by atoms with E-state index in [9.17, 15) is 14.3 Å². The monoisotopic (exact) mass is 542 g/mol. The van der Waals surface area contributed by atoms with Crippen LogP contribution < -0.4 is 4.89 Å². The van der Waals surface area contributed by atoms with Crippen molar-refractivity contribution >= 4 is 14.0 Å². The molecule has 0 bridgehead atoms. The van der Waals surface area contributed by atoms with E-state index in [2.05, 4.69) is 13.8 Å². The molecule has 0 fully saturated rings. The average Bonchev–Trinajstić information content (AvgIpc) is 2.88. The van der Waals surface area contributed by atoms with Gasteiger partial charge in [0.05, 0.1) is 6.61 Å². The second-order valence-corrected chi connectivity index (χ2v) is 12.4. The molecule has 0 aromatic carbocycles. The fourth-order valence-corrected chi connectivity index (χ4v) is 5.69. The van der Waals surface area contributed by atoms with E-state index < -0.39 is 19.7 Å². The molecule has 0 N–H and O–H groups in total. The predicted molar refractivity (Wildman–Crippen MR) is 158 cm³/mol. The zero-order chi connectivity index (χ0) is 27.2. The van der Waals surface area contributed by atoms with Gasteiger partial charge in [0.2, 0.25) is 5.66 Å². The minimum atomic E-state index is -2.76. The van der Waals surface area contributed by atoms with Gasteiger partial charge in [-0.05, 0) is 12.8 Å². The smallest absolute Gasteiger partial charge is 0.358 e. The van der Waals surface area contributed by atoms with E-state index in [-0.39, 0.29) is 0 Å². The molecule has 2 unspecified atom stereocenters. The first-order valence-electron chi connectivity index (χ1n) is 16.4. The quantitative estimate of drug-likeness (QED) is 0.0514. The molecule has 0 aromatic rings. The van der Waals surface area contributed by atoms with E-state index in [1.807, 2.05) is 0 Å². The maximum absolute atomic E-state index is 12.2. The molecule has 37 heavy (non-hydrogen) atoms. The lowest BCUT2D eigenvalue weighted by Crippen LogP contribution is -2.23. The molecule has 0 radical (unpaired) electrons. The Labute approximate surface area is 232 Å². The molecule has 0 amide bonds. The van der Waals surface area contributed by atoms with Crippen LogP contribution in [0.3, 0.4) is 0 Å². The molecule has 0 aromatic heterocycles. The van der Waals surface area contributed by atoms with E-state index in [1.165, 1.54) is 135 Å². The first-order chi connectivity index (χ1) is 18.1. The van der Waals surface area contributed by atoms with E-state index in [4.69, 9.17) is 4.74 Å². The van der Waals surface area contributed by atoms with Crippen molar-refractivity contribution in [3.63, 3.8) is 0 Å². The summed E-state index contributed by atoms with van der Waals surface area (Å²) in [4.78, 5) is 23.8. The molecular formula is C32H63O4P. The van der Waals surface area contributed by atoms with E-state index in [1.54, 1.807) is 0 Å². The van der Waals surface area contributed by atoms with Gasteiger partial charge in [0.15, 0.2) is 0 Å². The van der Waals surface area contributed by atoms with Crippen LogP contribution in [0.4, 0.5) is 0 Å². The van der Waals surface area contributed by atoms with Gasteiger partial charge < -0.3 is 9.63 Å². The van der Waals surface area contributed by atoms with E-state index in [0.717, 1.165) is 32.1 Å². The second kappa shape index (κ2) is 30.1. The number of carbonyl (C=O) groups is 1. The minimum Gasteiger partial charge on any atom is -0.595 e. The summed E-state index contributed by atoms with van der Waals surface area (Å²) in [5.41, 5.74) is -0.954. The van der Waals surface area contributed by atoms with E-state index >= 15 is 0 Å². The van der Waals surface area contributed by atoms with Crippen molar-refractivity contribution in [1.82, 2.24) is 0 Å². The summed E-state index contributed by atoms with van der Waals surface area (Å²) >= 11 is 0. The summed E-state index contributed by atoms with van der Waals surface area (Å²) in [5, 5.41) is 0. The number of hydrogen-bond acceptors (Lipinski definition) is 4. The van der Waals surface area contributed by atoms with Gasteiger partial charge in [-0.25, -0.2) is 4.79 Å². The molecule has 0 aliphatic carbocycles. The zero-order valence-corrected chi connectivity index (χ0v) is 25.9. The summed E-state index contributed by atoms with van der Waals surface area (Å²) in [7, 11) is -2.76. The number of ether oxygens (including phenoxy) is 1. The lowest BCUT2D eigenvalue weighted by atomic mass is 10.0. The van der Waals surface area contributed by atoms with Crippen LogP contribution in [0.5, 0.6) is 0 Å². The summed E-state index contributed by atoms with van der Waals surface area (Å²) < 4.78 is 16.9. The highest BCUT2D eigenvalue weighted by atomic mass is 31.1. The second-order valence-electron chi connectivity index (χ2n) is 11.2. The number of esters is 1. The number of rotatable bonds is 30. The highest BCUT2D eigenvalue weighted by molar-refractivity contribution is 7.38. The van der Waals surface area contributed by atoms with Gasteiger partial charge in [0.25, 0.3) is 0 Å². The van der Waals surface area contributed by atoms with Crippen LogP contribution in [0.25, 0.3) is 0 Å². The number of carbonyl (C=O) groups excluding carboxylic acids is 1. The summed E-state index contributed by atoms with van der Waals surface area (Å²) in [6, 6.07) is 0. The van der Waals surface area contributed by atoms with Gasteiger partial charge in [-0.3, -0.25) is 0 Å². The molecule has 220 valence electrons. The Bertz CT molecular complexity index is 497. The van der Waals surface area contributed by atoms with Crippen LogP contribution in [-0.2, 0) is 14.1 Å². The fraction of sp³-hybridized carbons (Fsp3) is 0.969. The molecule has 0 saturated carbocycles. The van der Waals surface area contributed by atoms with Crippen molar-refractivity contribution in [2.75, 3.05) is 6.61 Å². The molecule has 0 rings (SSSR count). The normalized spacial score (nSPS) is 12.6. The van der Waals surface area contributed by atoms with Gasteiger partial charge >= 0.3 is 14.0 Å². The van der Waals surface area contributed by atoms with Crippen molar-refractivity contribution in [2.45, 2.75) is 193 Å². The molecule has 5 heteroatoms. The van der Waals surface area contributed by atoms with Crippen molar-refractivity contribution in [3.8, 4) is 0 Å². The van der Waals surface area contributed by atoms with Gasteiger partial charge in [0.1, 0.15) is 0 Å². The molecule has 0 saturated heterocycles. The van der Waals surface area contributed by atoms with Gasteiger partial charge in [-0.15, -0.1) is 0 Å². The van der Waals surface area contributed by atoms with Crippen molar-refractivity contribution in [1.29, 1.82) is 0 Å². The number of unbranched alkanes of at least 4 members (excludes halogenated alkanes) is 24. The van der Waals surface area contributed by atoms with Gasteiger partial charge in [-0.2, -0.15) is 0 Å². The molecule has 4 nitrogen and oxygen atoms in total. The third-order valence-corrected chi connectivity index (χ3v) is 8.58. The topological polar surface area (TPSA) is 66.4 Å². The Kier molecular flexibility index (Phi) is 29.7. The fourth-order valence-electron chi connectivity index (χ4n) is 5.05. The lowest BCUT2D eigenvalue weighted by Gasteiger charge is -2.10. The third kappa shape index (κ3) is 26.9. The van der Waals surface area contributed by atoms with Crippen LogP contribution in [0.15, 0.2) is 0 Å². The Balaban J connectivity index is 3.54. The predicted octanol–water partition coefficient (Wildman–Crippen LogP) is 10.6. The summed E-state index contributed by atoms with van der Waals surface area (Å²) in [6.45, 7) is 4.87. The minimum absolute atomic E-state index is 0.356. The molecule has 0 spiro atoms. The summed E-state index contributed by atoms with van der Waals surface area (Å²) in [6.07, 6.45) is 33.3. The zero-order valence-electron chi connectivity index (χ0n) is 25.0. The first kappa shape index (κ1) is 36.5. The highest BCUT2D eigenvalue weighted by Crippen LogP contribution is 2.25. The Morgan fingerprint density at radius 1 is 0.541 bits per heavy atom.